The highest BCUT2D eigenvalue weighted by Gasteiger charge is 2.36. The molecule has 2 aromatic heterocycles. The van der Waals surface area contributed by atoms with Crippen molar-refractivity contribution >= 4 is 32.6 Å². The van der Waals surface area contributed by atoms with Crippen LogP contribution in [-0.4, -0.2) is 34.4 Å². The van der Waals surface area contributed by atoms with Crippen LogP contribution in [0.4, 0.5) is 22.0 Å². The molecular weight excluding hydrogens is 505 g/mol. The molecule has 1 N–H and O–H groups in total. The first-order valence-electron chi connectivity index (χ1n) is 9.10. The van der Waals surface area contributed by atoms with E-state index < -0.39 is 45.5 Å². The number of alkyl halides is 3. The van der Waals surface area contributed by atoms with Crippen molar-refractivity contribution in [3.05, 3.63) is 73.4 Å². The number of nitrogens with one attached hydrogen (secondary N) is 1. The Kier molecular flexibility index (Phi) is 5.53. The van der Waals surface area contributed by atoms with Crippen molar-refractivity contribution in [3.63, 3.8) is 0 Å². The van der Waals surface area contributed by atoms with Crippen molar-refractivity contribution in [2.24, 2.45) is 0 Å². The van der Waals surface area contributed by atoms with E-state index in [2.05, 4.69) is 25.9 Å². The molecule has 0 saturated heterocycles. The number of halogens is 6. The van der Waals surface area contributed by atoms with Gasteiger partial charge in [-0.3, -0.25) is 9.59 Å². The SMILES string of the molecule is CN(C(=O)c1cnc(C(F)(F)F)c(Br)c1)C1COCc2[nH]c(=O)c3cc(F)c(F)cc3c21. The molecular formula is C20H13BrF5N3O3. The predicted octanol–water partition coefficient (Wildman–Crippen LogP) is 4.33. The maximum atomic E-state index is 14.0. The minimum absolute atomic E-state index is 0.0224. The number of aromatic amines is 1. The molecule has 3 aromatic rings. The molecule has 4 rings (SSSR count). The number of carbonyl (C=O) groups excluding carboxylic acids is 1. The second-order valence-corrected chi connectivity index (χ2v) is 8.01. The van der Waals surface area contributed by atoms with Crippen molar-refractivity contribution in [3.8, 4) is 0 Å². The van der Waals surface area contributed by atoms with E-state index in [-0.39, 0.29) is 35.2 Å². The molecule has 0 aliphatic carbocycles. The summed E-state index contributed by atoms with van der Waals surface area (Å²) in [5.41, 5.74) is -1.31. The average molecular weight is 518 g/mol. The standard InChI is InChI=1S/C20H13BrF5N3O3/c1-29(19(31)8-2-11(21)17(27-5-8)20(24,25)26)15-7-32-6-14-16(15)9-3-12(22)13(23)4-10(9)18(30)28-14/h2-5,15H,6-7H2,1H3,(H,28,30). The number of rotatable bonds is 2. The molecule has 0 radical (unpaired) electrons. The van der Waals surface area contributed by atoms with Crippen molar-refractivity contribution < 1.29 is 31.5 Å². The second-order valence-electron chi connectivity index (χ2n) is 7.16. The topological polar surface area (TPSA) is 75.3 Å². The van der Waals surface area contributed by atoms with E-state index in [1.807, 2.05) is 0 Å². The summed E-state index contributed by atoms with van der Waals surface area (Å²) in [7, 11) is 1.38. The van der Waals surface area contributed by atoms with Crippen molar-refractivity contribution in [1.29, 1.82) is 0 Å². The third-order valence-electron chi connectivity index (χ3n) is 5.18. The number of pyridine rings is 2. The summed E-state index contributed by atoms with van der Waals surface area (Å²) >= 11 is 2.78. The fraction of sp³-hybridized carbons (Fsp3) is 0.250. The molecule has 1 unspecified atom stereocenters. The van der Waals surface area contributed by atoms with Crippen LogP contribution in [0.1, 0.15) is 33.4 Å². The lowest BCUT2D eigenvalue weighted by Crippen LogP contribution is -2.37. The third kappa shape index (κ3) is 3.77. The highest BCUT2D eigenvalue weighted by atomic mass is 79.9. The molecule has 0 bridgehead atoms. The lowest BCUT2D eigenvalue weighted by molar-refractivity contribution is -0.141. The van der Waals surface area contributed by atoms with Crippen LogP contribution < -0.4 is 5.56 Å². The van der Waals surface area contributed by atoms with Gasteiger partial charge in [-0.25, -0.2) is 13.8 Å². The first-order chi connectivity index (χ1) is 15.0. The number of amides is 1. The molecule has 1 atom stereocenters. The fourth-order valence-electron chi connectivity index (χ4n) is 3.66. The summed E-state index contributed by atoms with van der Waals surface area (Å²) in [6.45, 7) is -0.0595. The second kappa shape index (κ2) is 7.93. The van der Waals surface area contributed by atoms with Gasteiger partial charge < -0.3 is 14.6 Å². The van der Waals surface area contributed by atoms with Crippen LogP contribution in [0.25, 0.3) is 10.8 Å². The van der Waals surface area contributed by atoms with Gasteiger partial charge in [0.2, 0.25) is 0 Å². The zero-order chi connectivity index (χ0) is 23.4. The number of benzene rings is 1. The maximum Gasteiger partial charge on any atom is 0.434 e. The highest BCUT2D eigenvalue weighted by Crippen LogP contribution is 2.36. The Hall–Kier alpha value is -2.86. The minimum Gasteiger partial charge on any atom is -0.373 e. The smallest absolute Gasteiger partial charge is 0.373 e. The van der Waals surface area contributed by atoms with Gasteiger partial charge in [0.1, 0.15) is 0 Å². The van der Waals surface area contributed by atoms with Gasteiger partial charge in [-0.15, -0.1) is 0 Å². The zero-order valence-electron chi connectivity index (χ0n) is 16.2. The number of ether oxygens (including phenoxy) is 1. The molecule has 32 heavy (non-hydrogen) atoms. The Balaban J connectivity index is 1.79. The number of H-pyrrole nitrogens is 1. The van der Waals surface area contributed by atoms with Gasteiger partial charge in [-0.1, -0.05) is 0 Å². The number of fused-ring (bicyclic) bond motifs is 3. The third-order valence-corrected chi connectivity index (χ3v) is 5.79. The summed E-state index contributed by atoms with van der Waals surface area (Å²) in [5.74, 6) is -3.05. The Bertz CT molecular complexity index is 1310. The van der Waals surface area contributed by atoms with E-state index in [0.29, 0.717) is 5.56 Å². The molecule has 1 aromatic carbocycles. The van der Waals surface area contributed by atoms with E-state index in [4.69, 9.17) is 4.74 Å². The lowest BCUT2D eigenvalue weighted by Gasteiger charge is -2.34. The number of hydrogen-bond acceptors (Lipinski definition) is 4. The molecule has 0 fully saturated rings. The molecule has 0 spiro atoms. The van der Waals surface area contributed by atoms with Gasteiger partial charge in [-0.05, 0) is 39.5 Å². The van der Waals surface area contributed by atoms with Gasteiger partial charge in [0, 0.05) is 29.0 Å². The number of likely N-dealkylation sites (N-methyl/N-ethyl adjacent to an activating group) is 1. The average Bonchev–Trinajstić information content (AvgIpc) is 2.72. The monoisotopic (exact) mass is 517 g/mol. The molecule has 1 aliphatic heterocycles. The van der Waals surface area contributed by atoms with Crippen LogP contribution >= 0.6 is 15.9 Å². The molecule has 1 aliphatic rings. The Morgan fingerprint density at radius 3 is 2.50 bits per heavy atom. The van der Waals surface area contributed by atoms with Gasteiger partial charge in [0.05, 0.1) is 30.2 Å². The van der Waals surface area contributed by atoms with Gasteiger partial charge >= 0.3 is 6.18 Å². The predicted molar refractivity (Wildman–Crippen MR) is 106 cm³/mol. The minimum atomic E-state index is -4.70. The molecule has 3 heterocycles. The van der Waals surface area contributed by atoms with E-state index in [0.717, 1.165) is 24.4 Å². The maximum absolute atomic E-state index is 14.0. The summed E-state index contributed by atoms with van der Waals surface area (Å²) < 4.78 is 71.6. The van der Waals surface area contributed by atoms with Crippen LogP contribution in [0.3, 0.4) is 0 Å². The lowest BCUT2D eigenvalue weighted by atomic mass is 9.95. The van der Waals surface area contributed by atoms with Crippen LogP contribution in [-0.2, 0) is 17.5 Å². The van der Waals surface area contributed by atoms with Gasteiger partial charge in [-0.2, -0.15) is 13.2 Å². The van der Waals surface area contributed by atoms with Crippen molar-refractivity contribution in [2.45, 2.75) is 18.8 Å². The Morgan fingerprint density at radius 2 is 1.88 bits per heavy atom. The van der Waals surface area contributed by atoms with Crippen LogP contribution in [0.5, 0.6) is 0 Å². The summed E-state index contributed by atoms with van der Waals surface area (Å²) in [4.78, 5) is 32.4. The van der Waals surface area contributed by atoms with Crippen molar-refractivity contribution in [1.82, 2.24) is 14.9 Å². The largest absolute Gasteiger partial charge is 0.434 e. The Labute approximate surface area is 185 Å². The number of carbonyl (C=O) groups is 1. The number of hydrogen-bond donors (Lipinski definition) is 1. The van der Waals surface area contributed by atoms with E-state index in [1.54, 1.807) is 0 Å². The summed E-state index contributed by atoms with van der Waals surface area (Å²) in [6, 6.07) is 1.82. The molecule has 168 valence electrons. The highest BCUT2D eigenvalue weighted by molar-refractivity contribution is 9.10. The first-order valence-corrected chi connectivity index (χ1v) is 9.89. The van der Waals surface area contributed by atoms with Crippen molar-refractivity contribution in [2.75, 3.05) is 13.7 Å². The Morgan fingerprint density at radius 1 is 1.22 bits per heavy atom. The summed E-state index contributed by atoms with van der Waals surface area (Å²) in [6.07, 6.45) is -3.90. The first kappa shape index (κ1) is 22.3. The van der Waals surface area contributed by atoms with E-state index >= 15 is 0 Å². The van der Waals surface area contributed by atoms with E-state index in [9.17, 15) is 31.5 Å². The fourth-order valence-corrected chi connectivity index (χ4v) is 4.23. The molecule has 12 heteroatoms. The number of aromatic nitrogens is 2. The van der Waals surface area contributed by atoms with Crippen LogP contribution in [0.2, 0.25) is 0 Å². The van der Waals surface area contributed by atoms with Crippen LogP contribution in [0, 0.1) is 11.6 Å². The number of nitrogens with zero attached hydrogens (tertiary/aromatic N) is 2. The molecule has 1 amide bonds. The van der Waals surface area contributed by atoms with Crippen LogP contribution in [0.15, 0.2) is 33.7 Å². The normalized spacial score (nSPS) is 16.2. The summed E-state index contributed by atoms with van der Waals surface area (Å²) in [5, 5.41) is 0.0108. The zero-order valence-corrected chi connectivity index (χ0v) is 17.8. The van der Waals surface area contributed by atoms with E-state index in [1.165, 1.54) is 11.9 Å². The van der Waals surface area contributed by atoms with Gasteiger partial charge in [0.15, 0.2) is 17.3 Å². The molecule has 0 saturated carbocycles. The quantitative estimate of drug-likeness (QED) is 0.513. The molecule has 6 nitrogen and oxygen atoms in total. The van der Waals surface area contributed by atoms with Gasteiger partial charge in [0.25, 0.3) is 11.5 Å².